The molecule has 2 aromatic heterocycles. The zero-order chi connectivity index (χ0) is 13.1. The number of ether oxygens (including phenoxy) is 2. The third kappa shape index (κ3) is 2.33. The molecule has 0 N–H and O–H groups in total. The molecule has 0 atom stereocenters. The molecule has 18 heavy (non-hydrogen) atoms. The molecule has 0 aliphatic carbocycles. The number of esters is 1. The van der Waals surface area contributed by atoms with E-state index >= 15 is 0 Å². The maximum Gasteiger partial charge on any atom is 0.356 e. The highest BCUT2D eigenvalue weighted by atomic mass is 79.9. The Morgan fingerprint density at radius 1 is 1.44 bits per heavy atom. The van der Waals surface area contributed by atoms with E-state index in [1.807, 2.05) is 13.0 Å². The lowest BCUT2D eigenvalue weighted by Gasteiger charge is -2.07. The van der Waals surface area contributed by atoms with Crippen LogP contribution in [0, 0.1) is 0 Å². The summed E-state index contributed by atoms with van der Waals surface area (Å²) in [6.07, 6.45) is 3.25. The molecule has 0 amide bonds. The third-order valence-corrected chi connectivity index (χ3v) is 2.76. The number of carbonyl (C=O) groups is 1. The number of nitrogens with zero attached hydrogens (tertiary/aromatic N) is 2. The SMILES string of the molecule is CCOC(=O)c1cnc2c(OCC)cc(Br)cn12. The minimum absolute atomic E-state index is 0.332. The lowest BCUT2D eigenvalue weighted by Crippen LogP contribution is -2.08. The summed E-state index contributed by atoms with van der Waals surface area (Å²) in [7, 11) is 0. The van der Waals surface area contributed by atoms with Crippen LogP contribution < -0.4 is 4.74 Å². The Bertz CT molecular complexity index is 580. The quantitative estimate of drug-likeness (QED) is 0.814. The van der Waals surface area contributed by atoms with E-state index in [9.17, 15) is 4.79 Å². The first-order chi connectivity index (χ1) is 8.67. The average molecular weight is 313 g/mol. The van der Waals surface area contributed by atoms with E-state index < -0.39 is 5.97 Å². The van der Waals surface area contributed by atoms with Gasteiger partial charge >= 0.3 is 5.97 Å². The van der Waals surface area contributed by atoms with E-state index in [1.165, 1.54) is 6.20 Å². The van der Waals surface area contributed by atoms with E-state index in [-0.39, 0.29) is 0 Å². The molecule has 0 fully saturated rings. The molecule has 0 bridgehead atoms. The Labute approximate surface area is 113 Å². The summed E-state index contributed by atoms with van der Waals surface area (Å²) in [6.45, 7) is 4.53. The maximum absolute atomic E-state index is 11.8. The zero-order valence-electron chi connectivity index (χ0n) is 10.1. The van der Waals surface area contributed by atoms with E-state index in [4.69, 9.17) is 9.47 Å². The highest BCUT2D eigenvalue weighted by Crippen LogP contribution is 2.25. The largest absolute Gasteiger partial charge is 0.490 e. The fourth-order valence-corrected chi connectivity index (χ4v) is 2.05. The van der Waals surface area contributed by atoms with Crippen molar-refractivity contribution in [3.05, 3.63) is 28.6 Å². The second kappa shape index (κ2) is 5.39. The highest BCUT2D eigenvalue weighted by Gasteiger charge is 2.16. The van der Waals surface area contributed by atoms with Crippen LogP contribution >= 0.6 is 15.9 Å². The van der Waals surface area contributed by atoms with Gasteiger partial charge in [-0.15, -0.1) is 0 Å². The molecule has 0 saturated heterocycles. The number of hydrogen-bond acceptors (Lipinski definition) is 4. The van der Waals surface area contributed by atoms with Crippen LogP contribution in [0.25, 0.3) is 5.65 Å². The summed E-state index contributed by atoms with van der Waals surface area (Å²) in [5.41, 5.74) is 0.984. The predicted molar refractivity (Wildman–Crippen MR) is 70.0 cm³/mol. The van der Waals surface area contributed by atoms with E-state index in [1.54, 1.807) is 17.5 Å². The van der Waals surface area contributed by atoms with Crippen molar-refractivity contribution in [2.45, 2.75) is 13.8 Å². The van der Waals surface area contributed by atoms with E-state index in [2.05, 4.69) is 20.9 Å². The van der Waals surface area contributed by atoms with Gasteiger partial charge in [0.1, 0.15) is 0 Å². The van der Waals surface area contributed by atoms with Gasteiger partial charge in [-0.3, -0.25) is 4.40 Å². The van der Waals surface area contributed by atoms with Gasteiger partial charge in [0.05, 0.1) is 19.4 Å². The number of fused-ring (bicyclic) bond motifs is 1. The molecule has 0 radical (unpaired) electrons. The van der Waals surface area contributed by atoms with Crippen LogP contribution in [0.5, 0.6) is 5.75 Å². The molecule has 0 unspecified atom stereocenters. The van der Waals surface area contributed by atoms with Gasteiger partial charge in [-0.05, 0) is 35.8 Å². The summed E-state index contributed by atoms with van der Waals surface area (Å²) >= 11 is 3.38. The van der Waals surface area contributed by atoms with Crippen LogP contribution in [0.1, 0.15) is 24.3 Å². The minimum atomic E-state index is -0.398. The summed E-state index contributed by atoms with van der Waals surface area (Å²) < 4.78 is 12.9. The molecule has 0 aliphatic heterocycles. The second-order valence-electron chi connectivity index (χ2n) is 3.51. The summed E-state index contributed by atoms with van der Waals surface area (Å²) in [5.74, 6) is 0.230. The minimum Gasteiger partial charge on any atom is -0.490 e. The second-order valence-corrected chi connectivity index (χ2v) is 4.43. The summed E-state index contributed by atoms with van der Waals surface area (Å²) in [4.78, 5) is 16.0. The van der Waals surface area contributed by atoms with Crippen molar-refractivity contribution >= 4 is 27.5 Å². The average Bonchev–Trinajstić information content (AvgIpc) is 2.73. The van der Waals surface area contributed by atoms with Gasteiger partial charge in [0.2, 0.25) is 0 Å². The van der Waals surface area contributed by atoms with Gasteiger partial charge in [0, 0.05) is 10.7 Å². The van der Waals surface area contributed by atoms with Crippen LogP contribution in [0.15, 0.2) is 22.9 Å². The fourth-order valence-electron chi connectivity index (χ4n) is 1.64. The van der Waals surface area contributed by atoms with Crippen LogP contribution in [0.3, 0.4) is 0 Å². The Morgan fingerprint density at radius 3 is 2.89 bits per heavy atom. The fraction of sp³-hybridized carbons (Fsp3) is 0.333. The van der Waals surface area contributed by atoms with Crippen LogP contribution in [-0.2, 0) is 4.74 Å². The molecule has 0 aliphatic rings. The number of hydrogen-bond donors (Lipinski definition) is 0. The highest BCUT2D eigenvalue weighted by molar-refractivity contribution is 9.10. The summed E-state index contributed by atoms with van der Waals surface area (Å²) in [6, 6.07) is 1.82. The molecule has 2 rings (SSSR count). The number of imidazole rings is 1. The number of carbonyl (C=O) groups excluding carboxylic acids is 1. The molecule has 5 nitrogen and oxygen atoms in total. The maximum atomic E-state index is 11.8. The van der Waals surface area contributed by atoms with Crippen molar-refractivity contribution in [2.75, 3.05) is 13.2 Å². The molecule has 0 saturated carbocycles. The lowest BCUT2D eigenvalue weighted by atomic mass is 10.4. The van der Waals surface area contributed by atoms with Crippen LogP contribution in [0.4, 0.5) is 0 Å². The molecular formula is C12H13BrN2O3. The standard InChI is InChI=1S/C12H13BrN2O3/c1-3-17-10-5-8(13)7-15-9(6-14-11(10)15)12(16)18-4-2/h5-7H,3-4H2,1-2H3. The van der Waals surface area contributed by atoms with Gasteiger partial charge in [0.15, 0.2) is 17.1 Å². The number of aromatic nitrogens is 2. The first kappa shape index (κ1) is 12.9. The van der Waals surface area contributed by atoms with Crippen molar-refractivity contribution in [1.29, 1.82) is 0 Å². The topological polar surface area (TPSA) is 52.8 Å². The van der Waals surface area contributed by atoms with Gasteiger partial charge in [0.25, 0.3) is 0 Å². The monoisotopic (exact) mass is 312 g/mol. The Hall–Kier alpha value is -1.56. The van der Waals surface area contributed by atoms with Crippen molar-refractivity contribution < 1.29 is 14.3 Å². The van der Waals surface area contributed by atoms with Crippen molar-refractivity contribution in [2.24, 2.45) is 0 Å². The zero-order valence-corrected chi connectivity index (χ0v) is 11.7. The Kier molecular flexibility index (Phi) is 3.86. The van der Waals surface area contributed by atoms with Gasteiger partial charge in [-0.2, -0.15) is 0 Å². The Balaban J connectivity index is 2.55. The molecule has 0 aromatic carbocycles. The third-order valence-electron chi connectivity index (χ3n) is 2.32. The lowest BCUT2D eigenvalue weighted by molar-refractivity contribution is 0.0518. The Morgan fingerprint density at radius 2 is 2.22 bits per heavy atom. The molecule has 0 spiro atoms. The number of rotatable bonds is 4. The first-order valence-electron chi connectivity index (χ1n) is 5.63. The van der Waals surface area contributed by atoms with E-state index in [0.717, 1.165) is 4.47 Å². The normalized spacial score (nSPS) is 10.6. The van der Waals surface area contributed by atoms with Crippen molar-refractivity contribution in [3.63, 3.8) is 0 Å². The van der Waals surface area contributed by atoms with Gasteiger partial charge < -0.3 is 9.47 Å². The number of pyridine rings is 1. The van der Waals surface area contributed by atoms with Gasteiger partial charge in [-0.1, -0.05) is 0 Å². The van der Waals surface area contributed by atoms with Crippen LogP contribution in [-0.4, -0.2) is 28.6 Å². The predicted octanol–water partition coefficient (Wildman–Crippen LogP) is 2.67. The van der Waals surface area contributed by atoms with E-state index in [0.29, 0.717) is 30.3 Å². The molecule has 2 heterocycles. The summed E-state index contributed by atoms with van der Waals surface area (Å²) in [5, 5.41) is 0. The smallest absolute Gasteiger partial charge is 0.356 e. The van der Waals surface area contributed by atoms with Crippen LogP contribution in [0.2, 0.25) is 0 Å². The van der Waals surface area contributed by atoms with Crippen molar-refractivity contribution in [1.82, 2.24) is 9.38 Å². The van der Waals surface area contributed by atoms with Gasteiger partial charge in [-0.25, -0.2) is 9.78 Å². The number of halogens is 1. The molecule has 6 heteroatoms. The molecular weight excluding hydrogens is 300 g/mol. The molecule has 96 valence electrons. The molecule has 2 aromatic rings. The first-order valence-corrected chi connectivity index (χ1v) is 6.43. The van der Waals surface area contributed by atoms with Crippen molar-refractivity contribution in [3.8, 4) is 5.75 Å².